The molecule has 5 heteroatoms. The molecule has 1 aromatic carbocycles. The number of benzene rings is 1. The summed E-state index contributed by atoms with van der Waals surface area (Å²) in [5, 5.41) is 3.07. The van der Waals surface area contributed by atoms with Gasteiger partial charge in [0.1, 0.15) is 11.3 Å². The number of halogens is 1. The molecule has 20 heavy (non-hydrogen) atoms. The van der Waals surface area contributed by atoms with Crippen LogP contribution in [0.4, 0.5) is 5.69 Å². The fourth-order valence-corrected chi connectivity index (χ4v) is 2.20. The molecular weight excluding hydrogens is 318 g/mol. The lowest BCUT2D eigenvalue weighted by Crippen LogP contribution is -1.91. The number of nitrogens with one attached hydrogen (secondary N) is 1. The summed E-state index contributed by atoms with van der Waals surface area (Å²) >= 11 is 3.39. The van der Waals surface area contributed by atoms with Gasteiger partial charge in [-0.2, -0.15) is 0 Å². The molecule has 100 valence electrons. The van der Waals surface area contributed by atoms with E-state index >= 15 is 0 Å². The van der Waals surface area contributed by atoms with Gasteiger partial charge in [-0.15, -0.1) is 0 Å². The van der Waals surface area contributed by atoms with Crippen LogP contribution in [0.1, 0.15) is 0 Å². The second-order valence-electron chi connectivity index (χ2n) is 4.21. The molecule has 2 heterocycles. The predicted octanol–water partition coefficient (Wildman–Crippen LogP) is 4.23. The van der Waals surface area contributed by atoms with Crippen LogP contribution in [0.15, 0.2) is 53.3 Å². The zero-order valence-electron chi connectivity index (χ0n) is 10.8. The first-order chi connectivity index (χ1) is 9.76. The van der Waals surface area contributed by atoms with Crippen molar-refractivity contribution in [2.75, 3.05) is 12.4 Å². The largest absolute Gasteiger partial charge is 0.455 e. The smallest absolute Gasteiger partial charge is 0.156 e. The van der Waals surface area contributed by atoms with E-state index < -0.39 is 0 Å². The molecule has 0 saturated heterocycles. The molecule has 0 aliphatic heterocycles. The van der Waals surface area contributed by atoms with Crippen LogP contribution < -0.4 is 10.1 Å². The van der Waals surface area contributed by atoms with Crippen molar-refractivity contribution in [1.29, 1.82) is 0 Å². The Hall–Kier alpha value is -2.14. The van der Waals surface area contributed by atoms with Crippen LogP contribution in [0.25, 0.3) is 11.0 Å². The topological polar surface area (TPSA) is 47.0 Å². The Morgan fingerprint density at radius 2 is 1.90 bits per heavy atom. The van der Waals surface area contributed by atoms with Crippen LogP contribution in [0.3, 0.4) is 0 Å². The Balaban J connectivity index is 1.97. The first-order valence-electron chi connectivity index (χ1n) is 6.12. The van der Waals surface area contributed by atoms with Gasteiger partial charge in [-0.1, -0.05) is 0 Å². The number of hydrogen-bond acceptors (Lipinski definition) is 4. The lowest BCUT2D eigenvalue weighted by atomic mass is 10.3. The maximum atomic E-state index is 5.89. The Morgan fingerprint density at radius 3 is 2.65 bits per heavy atom. The number of rotatable bonds is 3. The minimum atomic E-state index is 0.694. The van der Waals surface area contributed by atoms with Gasteiger partial charge < -0.3 is 10.1 Å². The first-order valence-corrected chi connectivity index (χ1v) is 6.91. The Kier molecular flexibility index (Phi) is 3.52. The normalized spacial score (nSPS) is 10.5. The quantitative estimate of drug-likeness (QED) is 0.781. The molecule has 0 radical (unpaired) electrons. The summed E-state index contributed by atoms with van der Waals surface area (Å²) in [7, 11) is 1.88. The number of anilines is 1. The van der Waals surface area contributed by atoms with Gasteiger partial charge in [-0.25, -0.2) is 4.98 Å². The summed E-state index contributed by atoms with van der Waals surface area (Å²) in [5.41, 5.74) is 2.58. The third-order valence-corrected chi connectivity index (χ3v) is 3.31. The number of pyridine rings is 2. The van der Waals surface area contributed by atoms with Gasteiger partial charge in [0.05, 0.1) is 5.52 Å². The first kappa shape index (κ1) is 12.9. The van der Waals surface area contributed by atoms with E-state index in [4.69, 9.17) is 4.74 Å². The van der Waals surface area contributed by atoms with E-state index in [-0.39, 0.29) is 0 Å². The van der Waals surface area contributed by atoms with E-state index in [1.165, 1.54) is 0 Å². The molecule has 4 nitrogen and oxygen atoms in total. The standard InChI is InChI=1S/C15H12BrN3O/c1-17-11-2-4-12(5-3-11)20-14-6-7-18-13-8-10(16)9-19-15(13)14/h2-9,17H,1H3. The molecule has 3 aromatic rings. The van der Waals surface area contributed by atoms with Crippen LogP contribution in [0, 0.1) is 0 Å². The SMILES string of the molecule is CNc1ccc(Oc2ccnc3cc(Br)cnc23)cc1. The molecule has 0 atom stereocenters. The molecule has 0 saturated carbocycles. The maximum Gasteiger partial charge on any atom is 0.156 e. The van der Waals surface area contributed by atoms with Crippen molar-refractivity contribution in [3.63, 3.8) is 0 Å². The highest BCUT2D eigenvalue weighted by Crippen LogP contribution is 2.29. The predicted molar refractivity (Wildman–Crippen MR) is 83.3 cm³/mol. The molecule has 0 bridgehead atoms. The molecule has 0 unspecified atom stereocenters. The average molecular weight is 330 g/mol. The van der Waals surface area contributed by atoms with Crippen LogP contribution in [0.5, 0.6) is 11.5 Å². The second kappa shape index (κ2) is 5.46. The molecule has 0 aliphatic rings. The fourth-order valence-electron chi connectivity index (χ4n) is 1.88. The Bertz CT molecular complexity index is 744. The van der Waals surface area contributed by atoms with Crippen molar-refractivity contribution in [2.24, 2.45) is 0 Å². The number of aromatic nitrogens is 2. The van der Waals surface area contributed by atoms with E-state index in [1.54, 1.807) is 12.4 Å². The van der Waals surface area contributed by atoms with E-state index in [0.717, 1.165) is 26.9 Å². The van der Waals surface area contributed by atoms with Gasteiger partial charge in [-0.3, -0.25) is 4.98 Å². The van der Waals surface area contributed by atoms with Crippen LogP contribution in [-0.2, 0) is 0 Å². The lowest BCUT2D eigenvalue weighted by molar-refractivity contribution is 0.487. The third-order valence-electron chi connectivity index (χ3n) is 2.88. The Labute approximate surface area is 125 Å². The highest BCUT2D eigenvalue weighted by Gasteiger charge is 2.06. The molecule has 0 fully saturated rings. The number of ether oxygens (including phenoxy) is 1. The van der Waals surface area contributed by atoms with E-state index in [9.17, 15) is 0 Å². The van der Waals surface area contributed by atoms with Crippen molar-refractivity contribution >= 4 is 32.7 Å². The minimum Gasteiger partial charge on any atom is -0.455 e. The van der Waals surface area contributed by atoms with Gasteiger partial charge in [0, 0.05) is 35.7 Å². The fraction of sp³-hybridized carbons (Fsp3) is 0.0667. The number of fused-ring (bicyclic) bond motifs is 1. The Morgan fingerprint density at radius 1 is 1.10 bits per heavy atom. The maximum absolute atomic E-state index is 5.89. The van der Waals surface area contributed by atoms with Crippen molar-refractivity contribution in [3.05, 3.63) is 53.3 Å². The van der Waals surface area contributed by atoms with Crippen molar-refractivity contribution in [2.45, 2.75) is 0 Å². The van der Waals surface area contributed by atoms with Crippen LogP contribution >= 0.6 is 15.9 Å². The van der Waals surface area contributed by atoms with E-state index in [0.29, 0.717) is 5.75 Å². The molecule has 0 amide bonds. The summed E-state index contributed by atoms with van der Waals surface area (Å²) in [4.78, 5) is 8.65. The molecule has 0 aliphatic carbocycles. The summed E-state index contributed by atoms with van der Waals surface area (Å²) in [5.74, 6) is 1.46. The molecule has 2 aromatic heterocycles. The second-order valence-corrected chi connectivity index (χ2v) is 5.12. The lowest BCUT2D eigenvalue weighted by Gasteiger charge is -2.08. The van der Waals surface area contributed by atoms with E-state index in [2.05, 4.69) is 31.2 Å². The zero-order chi connectivity index (χ0) is 13.9. The zero-order valence-corrected chi connectivity index (χ0v) is 12.4. The minimum absolute atomic E-state index is 0.694. The average Bonchev–Trinajstić information content (AvgIpc) is 2.48. The van der Waals surface area contributed by atoms with Crippen molar-refractivity contribution in [1.82, 2.24) is 9.97 Å². The van der Waals surface area contributed by atoms with Gasteiger partial charge in [0.25, 0.3) is 0 Å². The molecule has 0 spiro atoms. The summed E-state index contributed by atoms with van der Waals surface area (Å²) < 4.78 is 6.78. The molecule has 1 N–H and O–H groups in total. The number of hydrogen-bond donors (Lipinski definition) is 1. The van der Waals surface area contributed by atoms with Crippen LogP contribution in [0.2, 0.25) is 0 Å². The summed E-state index contributed by atoms with van der Waals surface area (Å²) in [6, 6.07) is 11.5. The molecular formula is C15H12BrN3O. The van der Waals surface area contributed by atoms with Gasteiger partial charge in [-0.05, 0) is 46.3 Å². The molecule has 3 rings (SSSR count). The van der Waals surface area contributed by atoms with Crippen LogP contribution in [-0.4, -0.2) is 17.0 Å². The monoisotopic (exact) mass is 329 g/mol. The summed E-state index contributed by atoms with van der Waals surface area (Å²) in [6.45, 7) is 0. The van der Waals surface area contributed by atoms with Gasteiger partial charge in [0.15, 0.2) is 5.75 Å². The third kappa shape index (κ3) is 2.58. The highest BCUT2D eigenvalue weighted by molar-refractivity contribution is 9.10. The van der Waals surface area contributed by atoms with Gasteiger partial charge >= 0.3 is 0 Å². The van der Waals surface area contributed by atoms with Gasteiger partial charge in [0.2, 0.25) is 0 Å². The van der Waals surface area contributed by atoms with Crippen molar-refractivity contribution in [3.8, 4) is 11.5 Å². The van der Waals surface area contributed by atoms with E-state index in [1.807, 2.05) is 43.4 Å². The highest BCUT2D eigenvalue weighted by atomic mass is 79.9. The van der Waals surface area contributed by atoms with Crippen molar-refractivity contribution < 1.29 is 4.74 Å². The number of nitrogens with zero attached hydrogens (tertiary/aromatic N) is 2. The summed E-state index contributed by atoms with van der Waals surface area (Å²) in [6.07, 6.45) is 3.45.